The van der Waals surface area contributed by atoms with Crippen LogP contribution in [0.4, 0.5) is 0 Å². The molecule has 0 bridgehead atoms. The second kappa shape index (κ2) is 6.12. The Hall–Kier alpha value is -2.21. The number of hydrogen-bond donors (Lipinski definition) is 1. The molecule has 0 unspecified atom stereocenters. The summed E-state index contributed by atoms with van der Waals surface area (Å²) in [5.41, 5.74) is 3.12. The third-order valence-electron chi connectivity index (χ3n) is 3.81. The van der Waals surface area contributed by atoms with Crippen LogP contribution in [0.1, 0.15) is 42.4 Å². The maximum Gasteiger partial charge on any atom is 0.251 e. The van der Waals surface area contributed by atoms with Crippen LogP contribution in [0.2, 0.25) is 0 Å². The van der Waals surface area contributed by atoms with E-state index in [1.807, 2.05) is 34.0 Å². The highest BCUT2D eigenvalue weighted by Gasteiger charge is 2.14. The van der Waals surface area contributed by atoms with Gasteiger partial charge in [0.05, 0.1) is 0 Å². The Morgan fingerprint density at radius 2 is 2.00 bits per heavy atom. The van der Waals surface area contributed by atoms with Crippen LogP contribution < -0.4 is 5.32 Å². The molecule has 1 amide bonds. The molecule has 0 spiro atoms. The first-order valence-corrected chi connectivity index (χ1v) is 8.48. The van der Waals surface area contributed by atoms with Crippen molar-refractivity contribution in [1.82, 2.24) is 19.9 Å². The zero-order valence-corrected chi connectivity index (χ0v) is 14.4. The second-order valence-electron chi connectivity index (χ2n) is 6.54. The number of thiazole rings is 1. The Morgan fingerprint density at radius 1 is 1.26 bits per heavy atom. The molecule has 1 aromatic carbocycles. The van der Waals surface area contributed by atoms with Gasteiger partial charge in [-0.1, -0.05) is 32.9 Å². The third-order valence-corrected chi connectivity index (χ3v) is 4.69. The van der Waals surface area contributed by atoms with Gasteiger partial charge in [-0.2, -0.15) is 0 Å². The highest BCUT2D eigenvalue weighted by atomic mass is 32.1. The van der Waals surface area contributed by atoms with Crippen LogP contribution in [0.25, 0.3) is 4.96 Å². The number of carbonyl (C=O) groups excluding carboxylic acids is 1. The highest BCUT2D eigenvalue weighted by molar-refractivity contribution is 7.15. The Balaban J connectivity index is 1.58. The molecule has 0 aliphatic carbocycles. The standard InChI is InChI=1S/C17H20N4OS/c1-17(2,3)13-6-4-12(5-7-13)15(22)18-9-8-14-10-23-16-20-19-11-21(14)16/h4-7,10-11H,8-9H2,1-3H3,(H,18,22). The van der Waals surface area contributed by atoms with E-state index >= 15 is 0 Å². The number of benzene rings is 1. The van der Waals surface area contributed by atoms with E-state index in [4.69, 9.17) is 0 Å². The predicted molar refractivity (Wildman–Crippen MR) is 92.0 cm³/mol. The molecule has 0 atom stereocenters. The number of nitrogens with one attached hydrogen (secondary N) is 1. The average molecular weight is 328 g/mol. The summed E-state index contributed by atoms with van der Waals surface area (Å²) >= 11 is 1.56. The van der Waals surface area contributed by atoms with Gasteiger partial charge in [-0.25, -0.2) is 0 Å². The van der Waals surface area contributed by atoms with Crippen molar-refractivity contribution >= 4 is 22.2 Å². The summed E-state index contributed by atoms with van der Waals surface area (Å²) in [4.78, 5) is 13.1. The van der Waals surface area contributed by atoms with Gasteiger partial charge in [0.15, 0.2) is 0 Å². The number of amides is 1. The molecule has 3 aromatic rings. The number of hydrogen-bond acceptors (Lipinski definition) is 4. The van der Waals surface area contributed by atoms with E-state index in [0.717, 1.165) is 17.1 Å². The first-order valence-electron chi connectivity index (χ1n) is 7.60. The number of fused-ring (bicyclic) bond motifs is 1. The van der Waals surface area contributed by atoms with Gasteiger partial charge in [0, 0.05) is 29.6 Å². The first-order chi connectivity index (χ1) is 10.9. The average Bonchev–Trinajstić information content (AvgIpc) is 3.11. The third kappa shape index (κ3) is 3.42. The van der Waals surface area contributed by atoms with E-state index in [0.29, 0.717) is 12.1 Å². The van der Waals surface area contributed by atoms with Gasteiger partial charge in [-0.05, 0) is 23.1 Å². The summed E-state index contributed by atoms with van der Waals surface area (Å²) in [7, 11) is 0. The first kappa shape index (κ1) is 15.7. The zero-order chi connectivity index (χ0) is 16.4. The largest absolute Gasteiger partial charge is 0.352 e. The van der Waals surface area contributed by atoms with Crippen LogP contribution in [0.5, 0.6) is 0 Å². The van der Waals surface area contributed by atoms with Gasteiger partial charge in [0.1, 0.15) is 6.33 Å². The lowest BCUT2D eigenvalue weighted by Crippen LogP contribution is -2.26. The second-order valence-corrected chi connectivity index (χ2v) is 7.38. The molecular weight excluding hydrogens is 308 g/mol. The summed E-state index contributed by atoms with van der Waals surface area (Å²) in [6.45, 7) is 7.07. The van der Waals surface area contributed by atoms with E-state index in [1.54, 1.807) is 17.7 Å². The van der Waals surface area contributed by atoms with Gasteiger partial charge < -0.3 is 5.32 Å². The van der Waals surface area contributed by atoms with Crippen LogP contribution >= 0.6 is 11.3 Å². The highest BCUT2D eigenvalue weighted by Crippen LogP contribution is 2.22. The molecular formula is C17H20N4OS. The molecule has 1 N–H and O–H groups in total. The van der Waals surface area contributed by atoms with E-state index < -0.39 is 0 Å². The molecule has 0 aliphatic rings. The molecule has 0 saturated carbocycles. The molecule has 6 heteroatoms. The number of aromatic nitrogens is 3. The lowest BCUT2D eigenvalue weighted by atomic mass is 9.87. The lowest BCUT2D eigenvalue weighted by molar-refractivity contribution is 0.0954. The van der Waals surface area contributed by atoms with Crippen LogP contribution in [0.15, 0.2) is 36.0 Å². The fourth-order valence-electron chi connectivity index (χ4n) is 2.39. The van der Waals surface area contributed by atoms with Crippen molar-refractivity contribution in [2.24, 2.45) is 0 Å². The van der Waals surface area contributed by atoms with Gasteiger partial charge in [0.25, 0.3) is 5.91 Å². The molecule has 0 fully saturated rings. The van der Waals surface area contributed by atoms with Crippen molar-refractivity contribution < 1.29 is 4.79 Å². The number of rotatable bonds is 4. The molecule has 120 valence electrons. The summed E-state index contributed by atoms with van der Waals surface area (Å²) in [5.74, 6) is -0.0410. The van der Waals surface area contributed by atoms with E-state index in [9.17, 15) is 4.79 Å². The normalized spacial score (nSPS) is 11.8. The molecule has 0 radical (unpaired) electrons. The topological polar surface area (TPSA) is 59.3 Å². The van der Waals surface area contributed by atoms with Crippen molar-refractivity contribution in [2.45, 2.75) is 32.6 Å². The number of carbonyl (C=O) groups is 1. The lowest BCUT2D eigenvalue weighted by Gasteiger charge is -2.19. The van der Waals surface area contributed by atoms with Crippen molar-refractivity contribution in [3.05, 3.63) is 52.8 Å². The van der Waals surface area contributed by atoms with Crippen molar-refractivity contribution in [3.8, 4) is 0 Å². The Bertz CT molecular complexity index is 811. The van der Waals surface area contributed by atoms with Crippen molar-refractivity contribution in [2.75, 3.05) is 6.54 Å². The fraction of sp³-hybridized carbons (Fsp3) is 0.353. The predicted octanol–water partition coefficient (Wildman–Crippen LogP) is 3.06. The summed E-state index contributed by atoms with van der Waals surface area (Å²) in [6, 6.07) is 7.82. The minimum absolute atomic E-state index is 0.0410. The van der Waals surface area contributed by atoms with Gasteiger partial charge in [-0.3, -0.25) is 9.20 Å². The fourth-order valence-corrected chi connectivity index (χ4v) is 3.23. The maximum absolute atomic E-state index is 12.2. The van der Waals surface area contributed by atoms with E-state index in [2.05, 4.69) is 36.3 Å². The van der Waals surface area contributed by atoms with Gasteiger partial charge in [0.2, 0.25) is 4.96 Å². The molecule has 3 rings (SSSR count). The maximum atomic E-state index is 12.2. The summed E-state index contributed by atoms with van der Waals surface area (Å²) in [6.07, 6.45) is 2.46. The summed E-state index contributed by atoms with van der Waals surface area (Å²) in [5, 5.41) is 12.9. The zero-order valence-electron chi connectivity index (χ0n) is 13.5. The van der Waals surface area contributed by atoms with Crippen molar-refractivity contribution in [1.29, 1.82) is 0 Å². The molecule has 2 aromatic heterocycles. The molecule has 5 nitrogen and oxygen atoms in total. The quantitative estimate of drug-likeness (QED) is 0.801. The minimum Gasteiger partial charge on any atom is -0.352 e. The SMILES string of the molecule is CC(C)(C)c1ccc(C(=O)NCCc2csc3nncn23)cc1. The van der Waals surface area contributed by atoms with Crippen LogP contribution in [-0.4, -0.2) is 27.0 Å². The van der Waals surface area contributed by atoms with E-state index in [1.165, 1.54) is 5.56 Å². The van der Waals surface area contributed by atoms with Gasteiger partial charge >= 0.3 is 0 Å². The molecule has 0 saturated heterocycles. The Kier molecular flexibility index (Phi) is 4.17. The monoisotopic (exact) mass is 328 g/mol. The molecule has 2 heterocycles. The van der Waals surface area contributed by atoms with Crippen LogP contribution in [0.3, 0.4) is 0 Å². The Morgan fingerprint density at radius 3 is 2.70 bits per heavy atom. The van der Waals surface area contributed by atoms with Crippen LogP contribution in [-0.2, 0) is 11.8 Å². The number of nitrogens with zero attached hydrogens (tertiary/aromatic N) is 3. The molecule has 23 heavy (non-hydrogen) atoms. The van der Waals surface area contributed by atoms with Crippen molar-refractivity contribution in [3.63, 3.8) is 0 Å². The molecule has 0 aliphatic heterocycles. The smallest absolute Gasteiger partial charge is 0.251 e. The van der Waals surface area contributed by atoms with Crippen LogP contribution in [0, 0.1) is 0 Å². The van der Waals surface area contributed by atoms with E-state index in [-0.39, 0.29) is 11.3 Å². The summed E-state index contributed by atoms with van der Waals surface area (Å²) < 4.78 is 1.95. The van der Waals surface area contributed by atoms with Gasteiger partial charge in [-0.15, -0.1) is 21.5 Å². The minimum atomic E-state index is -0.0410. The Labute approximate surface area is 139 Å².